The molecule has 8 nitrogen and oxygen atoms in total. The normalized spacial score (nSPS) is 11.1. The van der Waals surface area contributed by atoms with E-state index in [4.69, 9.17) is 4.74 Å². The van der Waals surface area contributed by atoms with Gasteiger partial charge in [-0.25, -0.2) is 5.43 Å². The van der Waals surface area contributed by atoms with E-state index in [9.17, 15) is 14.9 Å². The number of nitrogens with one attached hydrogen (secondary N) is 1. The zero-order valence-electron chi connectivity index (χ0n) is 17.6. The van der Waals surface area contributed by atoms with Gasteiger partial charge in [0.1, 0.15) is 5.75 Å². The van der Waals surface area contributed by atoms with E-state index in [2.05, 4.69) is 24.4 Å². The summed E-state index contributed by atoms with van der Waals surface area (Å²) in [5.74, 6) is 0.603. The quantitative estimate of drug-likeness (QED) is 0.333. The molecule has 1 N–H and O–H groups in total. The van der Waals surface area contributed by atoms with E-state index in [0.29, 0.717) is 11.4 Å². The molecule has 3 aromatic rings. The van der Waals surface area contributed by atoms with Gasteiger partial charge in [0.25, 0.3) is 11.6 Å². The van der Waals surface area contributed by atoms with E-state index >= 15 is 0 Å². The molecular formula is C23H24N4O4. The average Bonchev–Trinajstić information content (AvgIpc) is 3.20. The Morgan fingerprint density at radius 2 is 1.97 bits per heavy atom. The first-order valence-electron chi connectivity index (χ1n) is 9.82. The SMILES string of the molecule is Cc1ccc(C(C)C)c(OCC(=O)N/N=C\c2cccn2-c2ccc([N+](=O)[O-])cc2)c1. The second-order valence-electron chi connectivity index (χ2n) is 7.35. The molecule has 0 radical (unpaired) electrons. The van der Waals surface area contributed by atoms with Crippen LogP contribution in [0.25, 0.3) is 5.69 Å². The molecule has 0 aliphatic heterocycles. The summed E-state index contributed by atoms with van der Waals surface area (Å²) in [6, 6.07) is 15.8. The number of nitro benzene ring substituents is 1. The Morgan fingerprint density at radius 3 is 2.65 bits per heavy atom. The van der Waals surface area contributed by atoms with Crippen molar-refractivity contribution in [3.8, 4) is 11.4 Å². The molecule has 1 amide bonds. The highest BCUT2D eigenvalue weighted by atomic mass is 16.6. The van der Waals surface area contributed by atoms with Gasteiger partial charge in [-0.1, -0.05) is 26.0 Å². The van der Waals surface area contributed by atoms with E-state index in [-0.39, 0.29) is 24.1 Å². The van der Waals surface area contributed by atoms with E-state index in [0.717, 1.165) is 16.8 Å². The van der Waals surface area contributed by atoms with Crippen LogP contribution in [0.15, 0.2) is 65.9 Å². The second-order valence-corrected chi connectivity index (χ2v) is 7.35. The largest absolute Gasteiger partial charge is 0.483 e. The van der Waals surface area contributed by atoms with Crippen molar-refractivity contribution in [1.29, 1.82) is 0 Å². The Morgan fingerprint density at radius 1 is 1.23 bits per heavy atom. The van der Waals surface area contributed by atoms with E-state index in [1.807, 2.05) is 37.3 Å². The predicted molar refractivity (Wildman–Crippen MR) is 119 cm³/mol. The Bertz CT molecular complexity index is 1100. The predicted octanol–water partition coefficient (Wildman–Crippen LogP) is 4.35. The number of aromatic nitrogens is 1. The second kappa shape index (κ2) is 9.71. The van der Waals surface area contributed by atoms with Crippen LogP contribution in [0.4, 0.5) is 5.69 Å². The van der Waals surface area contributed by atoms with Crippen LogP contribution in [0, 0.1) is 17.0 Å². The van der Waals surface area contributed by atoms with Gasteiger partial charge < -0.3 is 9.30 Å². The number of rotatable bonds is 8. The molecule has 0 aliphatic carbocycles. The number of hydrazone groups is 1. The average molecular weight is 420 g/mol. The summed E-state index contributed by atoms with van der Waals surface area (Å²) < 4.78 is 7.51. The number of nitro groups is 1. The number of hydrogen-bond acceptors (Lipinski definition) is 5. The van der Waals surface area contributed by atoms with Gasteiger partial charge in [-0.3, -0.25) is 14.9 Å². The molecule has 1 aromatic heterocycles. The summed E-state index contributed by atoms with van der Waals surface area (Å²) in [5, 5.41) is 14.8. The van der Waals surface area contributed by atoms with Crippen LogP contribution in [0.2, 0.25) is 0 Å². The van der Waals surface area contributed by atoms with Crippen LogP contribution in [0.3, 0.4) is 0 Å². The summed E-state index contributed by atoms with van der Waals surface area (Å²) in [4.78, 5) is 22.5. The minimum Gasteiger partial charge on any atom is -0.483 e. The molecule has 0 saturated heterocycles. The molecule has 2 aromatic carbocycles. The first kappa shape index (κ1) is 21.8. The smallest absolute Gasteiger partial charge is 0.277 e. The van der Waals surface area contributed by atoms with Crippen LogP contribution in [0.5, 0.6) is 5.75 Å². The summed E-state index contributed by atoms with van der Waals surface area (Å²) >= 11 is 0. The number of carbonyl (C=O) groups excluding carboxylic acids is 1. The lowest BCUT2D eigenvalue weighted by molar-refractivity contribution is -0.384. The number of ether oxygens (including phenoxy) is 1. The van der Waals surface area contributed by atoms with E-state index < -0.39 is 4.92 Å². The van der Waals surface area contributed by atoms with Gasteiger partial charge in [-0.05, 0) is 54.3 Å². The molecule has 31 heavy (non-hydrogen) atoms. The fourth-order valence-electron chi connectivity index (χ4n) is 3.06. The van der Waals surface area contributed by atoms with Gasteiger partial charge >= 0.3 is 0 Å². The number of hydrogen-bond donors (Lipinski definition) is 1. The number of amides is 1. The molecular weight excluding hydrogens is 396 g/mol. The number of aryl methyl sites for hydroxylation is 1. The van der Waals surface area contributed by atoms with E-state index in [1.165, 1.54) is 18.3 Å². The van der Waals surface area contributed by atoms with Crippen LogP contribution < -0.4 is 10.2 Å². The molecule has 3 rings (SSSR count). The molecule has 1 heterocycles. The summed E-state index contributed by atoms with van der Waals surface area (Å²) in [6.07, 6.45) is 3.31. The van der Waals surface area contributed by atoms with Gasteiger partial charge in [0, 0.05) is 24.0 Å². The number of benzene rings is 2. The molecule has 0 fully saturated rings. The van der Waals surface area contributed by atoms with Gasteiger partial charge in [0.05, 0.1) is 16.8 Å². The fraction of sp³-hybridized carbons (Fsp3) is 0.217. The highest BCUT2D eigenvalue weighted by molar-refractivity contribution is 5.82. The minimum atomic E-state index is -0.444. The summed E-state index contributed by atoms with van der Waals surface area (Å²) in [6.45, 7) is 5.97. The molecule has 160 valence electrons. The fourth-order valence-corrected chi connectivity index (χ4v) is 3.06. The Balaban J connectivity index is 1.61. The summed E-state index contributed by atoms with van der Waals surface area (Å²) in [5.41, 5.74) is 6.03. The lowest BCUT2D eigenvalue weighted by Crippen LogP contribution is -2.25. The molecule has 0 spiro atoms. The van der Waals surface area contributed by atoms with Gasteiger partial charge in [-0.2, -0.15) is 5.10 Å². The van der Waals surface area contributed by atoms with Crippen LogP contribution in [-0.2, 0) is 4.79 Å². The van der Waals surface area contributed by atoms with Crippen molar-refractivity contribution in [1.82, 2.24) is 9.99 Å². The van der Waals surface area contributed by atoms with Crippen molar-refractivity contribution in [2.45, 2.75) is 26.7 Å². The minimum absolute atomic E-state index is 0.0209. The molecule has 0 unspecified atom stereocenters. The third-order valence-electron chi connectivity index (χ3n) is 4.65. The van der Waals surface area contributed by atoms with Gasteiger partial charge in [-0.15, -0.1) is 0 Å². The van der Waals surface area contributed by atoms with Crippen LogP contribution in [0.1, 0.15) is 36.6 Å². The highest BCUT2D eigenvalue weighted by Crippen LogP contribution is 2.27. The van der Waals surface area contributed by atoms with Crippen molar-refractivity contribution in [2.75, 3.05) is 6.61 Å². The maximum atomic E-state index is 12.1. The molecule has 0 aliphatic rings. The Hall–Kier alpha value is -3.94. The van der Waals surface area contributed by atoms with Crippen molar-refractivity contribution in [3.63, 3.8) is 0 Å². The van der Waals surface area contributed by atoms with Crippen molar-refractivity contribution in [3.05, 3.63) is 87.7 Å². The zero-order chi connectivity index (χ0) is 22.4. The van der Waals surface area contributed by atoms with Crippen molar-refractivity contribution >= 4 is 17.8 Å². The van der Waals surface area contributed by atoms with Gasteiger partial charge in [0.2, 0.25) is 0 Å². The maximum Gasteiger partial charge on any atom is 0.277 e. The van der Waals surface area contributed by atoms with Gasteiger partial charge in [0.15, 0.2) is 6.61 Å². The highest BCUT2D eigenvalue weighted by Gasteiger charge is 2.10. The lowest BCUT2D eigenvalue weighted by atomic mass is 10.0. The Kier molecular flexibility index (Phi) is 6.81. The third kappa shape index (κ3) is 5.57. The molecule has 8 heteroatoms. The lowest BCUT2D eigenvalue weighted by Gasteiger charge is -2.14. The Labute approximate surface area is 180 Å². The summed E-state index contributed by atoms with van der Waals surface area (Å²) in [7, 11) is 0. The molecule has 0 atom stereocenters. The number of carbonyl (C=O) groups is 1. The molecule has 0 bridgehead atoms. The third-order valence-corrected chi connectivity index (χ3v) is 4.65. The van der Waals surface area contributed by atoms with Crippen molar-refractivity contribution in [2.24, 2.45) is 5.10 Å². The van der Waals surface area contributed by atoms with E-state index in [1.54, 1.807) is 22.9 Å². The number of non-ortho nitro benzene ring substituents is 1. The first-order chi connectivity index (χ1) is 14.8. The first-order valence-corrected chi connectivity index (χ1v) is 9.82. The van der Waals surface area contributed by atoms with Crippen LogP contribution in [-0.4, -0.2) is 28.2 Å². The van der Waals surface area contributed by atoms with Crippen LogP contribution >= 0.6 is 0 Å². The topological polar surface area (TPSA) is 98.8 Å². The van der Waals surface area contributed by atoms with Crippen molar-refractivity contribution < 1.29 is 14.5 Å². The number of nitrogens with zero attached hydrogens (tertiary/aromatic N) is 3. The maximum absolute atomic E-state index is 12.1. The monoisotopic (exact) mass is 420 g/mol. The standard InChI is InChI=1S/C23H24N4O4/c1-16(2)21-11-6-17(3)13-22(21)31-15-23(28)25-24-14-20-5-4-12-26(20)18-7-9-19(10-8-18)27(29)30/h4-14,16H,15H2,1-3H3,(H,25,28)/b24-14-. The molecule has 0 saturated carbocycles. The zero-order valence-corrected chi connectivity index (χ0v) is 17.6.